The Labute approximate surface area is 173 Å². The molecule has 0 saturated carbocycles. The summed E-state index contributed by atoms with van der Waals surface area (Å²) >= 11 is 0. The lowest BCUT2D eigenvalue weighted by atomic mass is 10.2. The molecule has 0 unspecified atom stereocenters. The molecule has 4 aromatic rings. The molecule has 0 radical (unpaired) electrons. The van der Waals surface area contributed by atoms with Crippen molar-refractivity contribution in [3.8, 4) is 22.9 Å². The highest BCUT2D eigenvalue weighted by atomic mass is 32.2. The van der Waals surface area contributed by atoms with Gasteiger partial charge in [-0.25, -0.2) is 21.8 Å². The molecule has 1 aromatic heterocycles. The van der Waals surface area contributed by atoms with Crippen LogP contribution in [0, 0.1) is 12.7 Å². The number of aryl methyl sites for hydroxylation is 1. The number of hydrogen-bond acceptors (Lipinski definition) is 5. The average Bonchev–Trinajstić information content (AvgIpc) is 3.13. The maximum Gasteiger partial charge on any atom is 0.269 e. The van der Waals surface area contributed by atoms with Gasteiger partial charge in [-0.15, -0.1) is 0 Å². The summed E-state index contributed by atoms with van der Waals surface area (Å²) in [5.41, 5.74) is 1.92. The highest BCUT2D eigenvalue weighted by molar-refractivity contribution is 7.90. The van der Waals surface area contributed by atoms with Gasteiger partial charge < -0.3 is 9.47 Å². The molecule has 0 amide bonds. The molecule has 0 saturated heterocycles. The van der Waals surface area contributed by atoms with Crippen LogP contribution in [0.25, 0.3) is 22.4 Å². The molecule has 8 heteroatoms. The SMILES string of the molecule is COc1ccc(-c2nc3ccc(F)cc3n2S(=O)(=O)c2ccc(C)cc2)cc1OC. The second kappa shape index (κ2) is 7.46. The highest BCUT2D eigenvalue weighted by Gasteiger charge is 2.26. The predicted molar refractivity (Wildman–Crippen MR) is 112 cm³/mol. The third-order valence-electron chi connectivity index (χ3n) is 4.78. The molecule has 1 heterocycles. The first-order chi connectivity index (χ1) is 14.3. The van der Waals surface area contributed by atoms with Crippen molar-refractivity contribution in [1.82, 2.24) is 8.96 Å². The molecule has 6 nitrogen and oxygen atoms in total. The topological polar surface area (TPSA) is 70.4 Å². The van der Waals surface area contributed by atoms with E-state index in [1.165, 1.54) is 44.6 Å². The van der Waals surface area contributed by atoms with Crippen LogP contribution in [-0.2, 0) is 10.0 Å². The summed E-state index contributed by atoms with van der Waals surface area (Å²) in [4.78, 5) is 4.57. The van der Waals surface area contributed by atoms with Gasteiger partial charge in [0.1, 0.15) is 5.82 Å². The first-order valence-electron chi connectivity index (χ1n) is 9.08. The summed E-state index contributed by atoms with van der Waals surface area (Å²) in [6, 6.07) is 15.3. The van der Waals surface area contributed by atoms with Crippen LogP contribution < -0.4 is 9.47 Å². The first kappa shape index (κ1) is 19.9. The molecular formula is C22H19FN2O4S. The van der Waals surface area contributed by atoms with Gasteiger partial charge >= 0.3 is 0 Å². The fraction of sp³-hybridized carbons (Fsp3) is 0.136. The number of imidazole rings is 1. The number of nitrogens with zero attached hydrogens (tertiary/aromatic N) is 2. The van der Waals surface area contributed by atoms with Crippen molar-refractivity contribution >= 4 is 21.1 Å². The van der Waals surface area contributed by atoms with Crippen molar-refractivity contribution in [2.45, 2.75) is 11.8 Å². The molecule has 3 aromatic carbocycles. The second-order valence-electron chi connectivity index (χ2n) is 6.72. The van der Waals surface area contributed by atoms with Crippen molar-refractivity contribution in [3.05, 3.63) is 72.0 Å². The Morgan fingerprint density at radius 2 is 1.60 bits per heavy atom. The van der Waals surface area contributed by atoms with Gasteiger partial charge in [0.15, 0.2) is 17.3 Å². The van der Waals surface area contributed by atoms with E-state index < -0.39 is 15.8 Å². The van der Waals surface area contributed by atoms with Gasteiger partial charge in [-0.2, -0.15) is 0 Å². The van der Waals surface area contributed by atoms with Crippen LogP contribution in [0.2, 0.25) is 0 Å². The van der Waals surface area contributed by atoms with Crippen molar-refractivity contribution in [1.29, 1.82) is 0 Å². The van der Waals surface area contributed by atoms with Crippen LogP contribution >= 0.6 is 0 Å². The van der Waals surface area contributed by atoms with Gasteiger partial charge in [0, 0.05) is 11.6 Å². The third-order valence-corrected chi connectivity index (χ3v) is 6.49. The van der Waals surface area contributed by atoms with E-state index in [-0.39, 0.29) is 16.2 Å². The lowest BCUT2D eigenvalue weighted by Gasteiger charge is -2.13. The molecule has 4 rings (SSSR count). The van der Waals surface area contributed by atoms with E-state index >= 15 is 0 Å². The Morgan fingerprint density at radius 3 is 2.27 bits per heavy atom. The lowest BCUT2D eigenvalue weighted by Crippen LogP contribution is -2.14. The minimum absolute atomic E-state index is 0.0818. The van der Waals surface area contributed by atoms with Gasteiger partial charge in [-0.05, 0) is 49.4 Å². The van der Waals surface area contributed by atoms with Crippen molar-refractivity contribution < 1.29 is 22.3 Å². The van der Waals surface area contributed by atoms with E-state index in [2.05, 4.69) is 4.98 Å². The van der Waals surface area contributed by atoms with E-state index in [1.807, 2.05) is 6.92 Å². The predicted octanol–water partition coefficient (Wildman–Crippen LogP) is 4.41. The fourth-order valence-corrected chi connectivity index (χ4v) is 4.71. The Balaban J connectivity index is 2.03. The smallest absolute Gasteiger partial charge is 0.269 e. The number of methoxy groups -OCH3 is 2. The summed E-state index contributed by atoms with van der Waals surface area (Å²) < 4.78 is 52.8. The van der Waals surface area contributed by atoms with Crippen LogP contribution in [0.1, 0.15) is 5.56 Å². The van der Waals surface area contributed by atoms with Gasteiger partial charge in [-0.1, -0.05) is 17.7 Å². The maximum atomic E-state index is 14.0. The van der Waals surface area contributed by atoms with E-state index in [4.69, 9.17) is 9.47 Å². The zero-order valence-electron chi connectivity index (χ0n) is 16.6. The molecule has 0 bridgehead atoms. The monoisotopic (exact) mass is 426 g/mol. The number of hydrogen-bond donors (Lipinski definition) is 0. The van der Waals surface area contributed by atoms with Crippen molar-refractivity contribution in [2.75, 3.05) is 14.2 Å². The lowest BCUT2D eigenvalue weighted by molar-refractivity contribution is 0.355. The standard InChI is InChI=1S/C22H19FN2O4S/c1-14-4-8-17(9-5-14)30(26,27)25-19-13-16(23)7-10-18(19)24-22(25)15-6-11-20(28-2)21(12-15)29-3/h4-13H,1-3H3. The largest absolute Gasteiger partial charge is 0.493 e. The molecule has 0 N–H and O–H groups in total. The summed E-state index contributed by atoms with van der Waals surface area (Å²) in [7, 11) is -1.05. The van der Waals surface area contributed by atoms with E-state index in [9.17, 15) is 12.8 Å². The maximum absolute atomic E-state index is 14.0. The Kier molecular flexibility index (Phi) is 4.95. The summed E-state index contributed by atoms with van der Waals surface area (Å²) in [6.07, 6.45) is 0. The van der Waals surface area contributed by atoms with Gasteiger partial charge in [0.2, 0.25) is 0 Å². The number of fused-ring (bicyclic) bond motifs is 1. The van der Waals surface area contributed by atoms with Crippen LogP contribution in [-0.4, -0.2) is 31.6 Å². The van der Waals surface area contributed by atoms with E-state index in [0.29, 0.717) is 22.6 Å². The molecule has 0 aliphatic rings. The average molecular weight is 426 g/mol. The van der Waals surface area contributed by atoms with Crippen molar-refractivity contribution in [2.24, 2.45) is 0 Å². The van der Waals surface area contributed by atoms with Gasteiger partial charge in [0.05, 0.1) is 30.1 Å². The highest BCUT2D eigenvalue weighted by Crippen LogP contribution is 2.35. The number of ether oxygens (including phenoxy) is 2. The van der Waals surface area contributed by atoms with Crippen LogP contribution in [0.3, 0.4) is 0 Å². The van der Waals surface area contributed by atoms with Gasteiger partial charge in [0.25, 0.3) is 10.0 Å². The van der Waals surface area contributed by atoms with Crippen molar-refractivity contribution in [3.63, 3.8) is 0 Å². The molecule has 30 heavy (non-hydrogen) atoms. The molecular weight excluding hydrogens is 407 g/mol. The van der Waals surface area contributed by atoms with Gasteiger partial charge in [-0.3, -0.25) is 0 Å². The number of halogens is 1. The minimum atomic E-state index is -4.05. The van der Waals surface area contributed by atoms with Crippen LogP contribution in [0.15, 0.2) is 65.6 Å². The molecule has 0 spiro atoms. The number of benzene rings is 3. The zero-order valence-corrected chi connectivity index (χ0v) is 17.4. The normalized spacial score (nSPS) is 11.6. The molecule has 0 atom stereocenters. The Bertz CT molecular complexity index is 1350. The summed E-state index contributed by atoms with van der Waals surface area (Å²) in [5.74, 6) is 0.516. The Morgan fingerprint density at radius 1 is 0.900 bits per heavy atom. The molecule has 0 aliphatic heterocycles. The number of aromatic nitrogens is 2. The third kappa shape index (κ3) is 3.29. The first-order valence-corrected chi connectivity index (χ1v) is 10.5. The second-order valence-corrected chi connectivity index (χ2v) is 8.51. The summed E-state index contributed by atoms with van der Waals surface area (Å²) in [5, 5.41) is 0. The summed E-state index contributed by atoms with van der Waals surface area (Å²) in [6.45, 7) is 1.87. The fourth-order valence-electron chi connectivity index (χ4n) is 3.24. The minimum Gasteiger partial charge on any atom is -0.493 e. The molecule has 0 fully saturated rings. The Hall–Kier alpha value is -3.39. The van der Waals surface area contributed by atoms with E-state index in [1.54, 1.807) is 30.3 Å². The molecule has 0 aliphatic carbocycles. The quantitative estimate of drug-likeness (QED) is 0.473. The van der Waals surface area contributed by atoms with Crippen LogP contribution in [0.5, 0.6) is 11.5 Å². The van der Waals surface area contributed by atoms with Crippen LogP contribution in [0.4, 0.5) is 4.39 Å². The molecule has 154 valence electrons. The zero-order chi connectivity index (χ0) is 21.5. The number of rotatable bonds is 5. The van der Waals surface area contributed by atoms with E-state index in [0.717, 1.165) is 9.54 Å².